The predicted molar refractivity (Wildman–Crippen MR) is 113 cm³/mol. The lowest BCUT2D eigenvalue weighted by atomic mass is 10.1. The number of aliphatic hydroxyl groups excluding tert-OH is 2. The number of halogens is 2. The van der Waals surface area contributed by atoms with Gasteiger partial charge in [-0.1, -0.05) is 6.58 Å². The Kier molecular flexibility index (Phi) is 6.70. The highest BCUT2D eigenvalue weighted by Crippen LogP contribution is 2.31. The summed E-state index contributed by atoms with van der Waals surface area (Å²) < 4.78 is 16.7. The molecule has 4 N–H and O–H groups in total. The van der Waals surface area contributed by atoms with Crippen LogP contribution in [0.4, 0.5) is 15.8 Å². The molecule has 0 bridgehead atoms. The lowest BCUT2D eigenvalue weighted by molar-refractivity contribution is -0.0189. The molecule has 0 saturated carbocycles. The Hall–Kier alpha value is -1.95. The molecule has 0 fully saturated rings. The number of pyridine rings is 1. The summed E-state index contributed by atoms with van der Waals surface area (Å²) in [5, 5.41) is 21.2. The summed E-state index contributed by atoms with van der Waals surface area (Å²) >= 11 is 2.02. The van der Waals surface area contributed by atoms with Crippen molar-refractivity contribution in [3.63, 3.8) is 0 Å². The fraction of sp³-hybridized carbons (Fsp3) is 0.316. The monoisotopic (exact) mass is 501 g/mol. The van der Waals surface area contributed by atoms with Gasteiger partial charge in [0.25, 0.3) is 5.56 Å². The summed E-state index contributed by atoms with van der Waals surface area (Å²) in [4.78, 5) is 17.7. The Morgan fingerprint density at radius 1 is 1.39 bits per heavy atom. The first-order chi connectivity index (χ1) is 13.4. The molecule has 3 rings (SSSR count). The van der Waals surface area contributed by atoms with Gasteiger partial charge in [0.05, 0.1) is 23.7 Å². The topological polar surface area (TPSA) is 95.8 Å². The zero-order chi connectivity index (χ0) is 20.3. The Balaban J connectivity index is 1.94. The van der Waals surface area contributed by atoms with Gasteiger partial charge in [-0.05, 0) is 53.6 Å². The van der Waals surface area contributed by atoms with Crippen LogP contribution in [0.2, 0.25) is 0 Å². The SMILES string of the molecule is C=C(NOC[C@H](O)CO)c1c(Nc2ccc(I)cc2F)cc(=O)n2c1CCC2. The minimum absolute atomic E-state index is 0.140. The van der Waals surface area contributed by atoms with Crippen molar-refractivity contribution < 1.29 is 19.4 Å². The largest absolute Gasteiger partial charge is 0.394 e. The van der Waals surface area contributed by atoms with Crippen molar-refractivity contribution in [1.82, 2.24) is 10.0 Å². The average Bonchev–Trinajstić information content (AvgIpc) is 3.14. The van der Waals surface area contributed by atoms with Crippen LogP contribution in [0.15, 0.2) is 35.6 Å². The zero-order valence-electron chi connectivity index (χ0n) is 15.0. The van der Waals surface area contributed by atoms with Crippen molar-refractivity contribution in [1.29, 1.82) is 0 Å². The number of hydroxylamine groups is 1. The predicted octanol–water partition coefficient (Wildman–Crippen LogP) is 2.13. The standard InChI is InChI=1S/C19H21FIN3O4/c1-11(23-28-10-13(26)9-25)19-16(8-18(27)24-6-2-3-17(19)24)22-15-5-4-12(21)7-14(15)20/h4-5,7-8,13,22-23,25-26H,1-3,6,9-10H2/t13-/m1/s1. The van der Waals surface area contributed by atoms with Gasteiger partial charge in [0, 0.05) is 27.4 Å². The number of hydrogen-bond donors (Lipinski definition) is 4. The van der Waals surface area contributed by atoms with E-state index >= 15 is 0 Å². The molecule has 2 heterocycles. The van der Waals surface area contributed by atoms with E-state index in [1.165, 1.54) is 12.1 Å². The third kappa shape index (κ3) is 4.54. The van der Waals surface area contributed by atoms with Gasteiger partial charge in [-0.3, -0.25) is 15.1 Å². The van der Waals surface area contributed by atoms with E-state index in [2.05, 4.69) is 17.4 Å². The highest BCUT2D eigenvalue weighted by Gasteiger charge is 2.22. The number of anilines is 2. The summed E-state index contributed by atoms with van der Waals surface area (Å²) in [6, 6.07) is 6.18. The fourth-order valence-corrected chi connectivity index (χ4v) is 3.56. The molecule has 1 aliphatic rings. The van der Waals surface area contributed by atoms with Gasteiger partial charge in [-0.25, -0.2) is 4.39 Å². The number of benzene rings is 1. The summed E-state index contributed by atoms with van der Waals surface area (Å²) in [6.45, 7) is 4.00. The minimum atomic E-state index is -1.03. The van der Waals surface area contributed by atoms with Crippen LogP contribution in [0.3, 0.4) is 0 Å². The van der Waals surface area contributed by atoms with Crippen LogP contribution in [0, 0.1) is 9.39 Å². The molecule has 1 aromatic carbocycles. The molecule has 1 atom stereocenters. The molecule has 1 aromatic heterocycles. The van der Waals surface area contributed by atoms with Crippen LogP contribution >= 0.6 is 22.6 Å². The number of hydrogen-bond acceptors (Lipinski definition) is 6. The van der Waals surface area contributed by atoms with E-state index < -0.39 is 18.5 Å². The summed E-state index contributed by atoms with van der Waals surface area (Å²) in [5.41, 5.74) is 4.90. The van der Waals surface area contributed by atoms with Crippen LogP contribution in [0.5, 0.6) is 0 Å². The second-order valence-electron chi connectivity index (χ2n) is 6.45. The first kappa shape index (κ1) is 20.8. The number of aromatic nitrogens is 1. The van der Waals surface area contributed by atoms with E-state index in [9.17, 15) is 14.3 Å². The highest BCUT2D eigenvalue weighted by atomic mass is 127. The van der Waals surface area contributed by atoms with Crippen LogP contribution in [0.1, 0.15) is 17.7 Å². The van der Waals surface area contributed by atoms with Gasteiger partial charge in [0.2, 0.25) is 0 Å². The van der Waals surface area contributed by atoms with E-state index in [0.717, 1.165) is 15.7 Å². The Morgan fingerprint density at radius 3 is 2.89 bits per heavy atom. The second-order valence-corrected chi connectivity index (χ2v) is 7.70. The minimum Gasteiger partial charge on any atom is -0.394 e. The Morgan fingerprint density at radius 2 is 2.18 bits per heavy atom. The molecule has 7 nitrogen and oxygen atoms in total. The zero-order valence-corrected chi connectivity index (χ0v) is 17.2. The number of nitrogens with one attached hydrogen (secondary N) is 2. The third-order valence-electron chi connectivity index (χ3n) is 4.40. The first-order valence-electron chi connectivity index (χ1n) is 8.75. The molecular formula is C19H21FIN3O4. The Labute approximate surface area is 174 Å². The van der Waals surface area contributed by atoms with Crippen LogP contribution in [-0.2, 0) is 17.8 Å². The molecule has 9 heteroatoms. The van der Waals surface area contributed by atoms with Gasteiger partial charge in [0.15, 0.2) is 0 Å². The molecule has 0 amide bonds. The molecule has 0 spiro atoms. The van der Waals surface area contributed by atoms with Gasteiger partial charge in [0.1, 0.15) is 18.5 Å². The number of rotatable bonds is 8. The molecule has 28 heavy (non-hydrogen) atoms. The maximum atomic E-state index is 14.3. The van der Waals surface area contributed by atoms with Gasteiger partial charge in [-0.2, -0.15) is 0 Å². The van der Waals surface area contributed by atoms with E-state index in [1.807, 2.05) is 22.6 Å². The highest BCUT2D eigenvalue weighted by molar-refractivity contribution is 14.1. The van der Waals surface area contributed by atoms with Crippen molar-refractivity contribution in [2.45, 2.75) is 25.5 Å². The van der Waals surface area contributed by atoms with Crippen LogP contribution in [0.25, 0.3) is 5.70 Å². The maximum absolute atomic E-state index is 14.3. The smallest absolute Gasteiger partial charge is 0.252 e. The van der Waals surface area contributed by atoms with Crippen LogP contribution in [-0.4, -0.2) is 34.1 Å². The van der Waals surface area contributed by atoms with Gasteiger partial charge in [-0.15, -0.1) is 0 Å². The fourth-order valence-electron chi connectivity index (χ4n) is 3.11. The quantitative estimate of drug-likeness (QED) is 0.327. The molecule has 1 aliphatic heterocycles. The van der Waals surface area contributed by atoms with E-state index in [1.54, 1.807) is 16.7 Å². The lowest BCUT2D eigenvalue weighted by Gasteiger charge is -2.20. The molecule has 0 radical (unpaired) electrons. The molecule has 150 valence electrons. The van der Waals surface area contributed by atoms with Crippen molar-refractivity contribution >= 4 is 39.7 Å². The van der Waals surface area contributed by atoms with Gasteiger partial charge < -0.3 is 20.1 Å². The van der Waals surface area contributed by atoms with E-state index in [0.29, 0.717) is 29.9 Å². The molecule has 2 aromatic rings. The average molecular weight is 501 g/mol. The third-order valence-corrected chi connectivity index (χ3v) is 5.07. The van der Waals surface area contributed by atoms with Crippen molar-refractivity contribution in [2.75, 3.05) is 18.5 Å². The normalized spacial score (nSPS) is 13.9. The summed E-state index contributed by atoms with van der Waals surface area (Å²) in [6.07, 6.45) is 0.471. The van der Waals surface area contributed by atoms with Crippen LogP contribution < -0.4 is 16.4 Å². The molecular weight excluding hydrogens is 480 g/mol. The number of aliphatic hydroxyl groups is 2. The molecule has 0 unspecified atom stereocenters. The van der Waals surface area contributed by atoms with Gasteiger partial charge >= 0.3 is 0 Å². The first-order valence-corrected chi connectivity index (χ1v) is 9.83. The number of nitrogens with zero attached hydrogens (tertiary/aromatic N) is 1. The van der Waals surface area contributed by atoms with Crippen molar-refractivity contribution in [3.8, 4) is 0 Å². The van der Waals surface area contributed by atoms with E-state index in [4.69, 9.17) is 9.94 Å². The molecule has 0 saturated heterocycles. The maximum Gasteiger partial charge on any atom is 0.252 e. The van der Waals surface area contributed by atoms with Crippen molar-refractivity contribution in [3.05, 3.63) is 61.8 Å². The second kappa shape index (κ2) is 9.03. The summed E-state index contributed by atoms with van der Waals surface area (Å²) in [5.74, 6) is -0.431. The lowest BCUT2D eigenvalue weighted by Crippen LogP contribution is -2.26. The van der Waals surface area contributed by atoms with Crippen molar-refractivity contribution in [2.24, 2.45) is 0 Å². The Bertz CT molecular complexity index is 948. The van der Waals surface area contributed by atoms with E-state index in [-0.39, 0.29) is 17.9 Å². The molecule has 0 aliphatic carbocycles. The number of fused-ring (bicyclic) bond motifs is 1. The summed E-state index contributed by atoms with van der Waals surface area (Å²) in [7, 11) is 0.